The lowest BCUT2D eigenvalue weighted by molar-refractivity contribution is -0.130. The van der Waals surface area contributed by atoms with Crippen LogP contribution in [0.2, 0.25) is 0 Å². The summed E-state index contributed by atoms with van der Waals surface area (Å²) in [4.78, 5) is 14.1. The van der Waals surface area contributed by atoms with Crippen LogP contribution in [0.5, 0.6) is 0 Å². The van der Waals surface area contributed by atoms with E-state index < -0.39 is 5.41 Å². The normalized spacial score (nSPS) is 24.4. The molecule has 1 aliphatic heterocycles. The zero-order chi connectivity index (χ0) is 13.2. The van der Waals surface area contributed by atoms with Crippen LogP contribution in [0.1, 0.15) is 52.4 Å². The Kier molecular flexibility index (Phi) is 3.97. The van der Waals surface area contributed by atoms with Gasteiger partial charge in [-0.25, -0.2) is 5.84 Å². The third-order valence-corrected chi connectivity index (χ3v) is 4.95. The Balaban J connectivity index is 1.85. The smallest absolute Gasteiger partial charge is 0.240 e. The summed E-state index contributed by atoms with van der Waals surface area (Å²) < 4.78 is 0. The molecule has 4 nitrogen and oxygen atoms in total. The lowest BCUT2D eigenvalue weighted by atomic mass is 9.76. The molecule has 1 heterocycles. The van der Waals surface area contributed by atoms with Crippen LogP contribution in [0, 0.1) is 10.8 Å². The van der Waals surface area contributed by atoms with E-state index in [4.69, 9.17) is 5.84 Å². The van der Waals surface area contributed by atoms with Crippen molar-refractivity contribution in [3.05, 3.63) is 0 Å². The number of nitrogens with two attached hydrogens (primary N) is 1. The van der Waals surface area contributed by atoms with E-state index >= 15 is 0 Å². The molecule has 1 aliphatic carbocycles. The first kappa shape index (κ1) is 13.8. The zero-order valence-corrected chi connectivity index (χ0v) is 11.8. The first-order valence-corrected chi connectivity index (χ1v) is 7.21. The standard InChI is InChI=1S/C14H27N3O/c1-13(2,12(18)16-15)11-17-9-7-14(8-10-17)5-3-4-6-14/h3-11,15H2,1-2H3,(H,16,18). The monoisotopic (exact) mass is 253 g/mol. The van der Waals surface area contributed by atoms with Gasteiger partial charge in [0, 0.05) is 6.54 Å². The van der Waals surface area contributed by atoms with Crippen molar-refractivity contribution in [2.45, 2.75) is 52.4 Å². The minimum absolute atomic E-state index is 0.0661. The number of hydrazine groups is 1. The lowest BCUT2D eigenvalue weighted by Gasteiger charge is -2.41. The second-order valence-electron chi connectivity index (χ2n) is 6.84. The number of hydrogen-bond acceptors (Lipinski definition) is 3. The number of nitrogens with zero attached hydrogens (tertiary/aromatic N) is 1. The van der Waals surface area contributed by atoms with Gasteiger partial charge in [-0.2, -0.15) is 0 Å². The summed E-state index contributed by atoms with van der Waals surface area (Å²) in [5, 5.41) is 0. The van der Waals surface area contributed by atoms with Crippen molar-refractivity contribution >= 4 is 5.91 Å². The molecule has 0 atom stereocenters. The molecule has 2 aliphatic rings. The molecule has 18 heavy (non-hydrogen) atoms. The van der Waals surface area contributed by atoms with Crippen molar-refractivity contribution in [3.63, 3.8) is 0 Å². The molecule has 1 spiro atoms. The van der Waals surface area contributed by atoms with Gasteiger partial charge in [0.2, 0.25) is 5.91 Å². The largest absolute Gasteiger partial charge is 0.302 e. The molecule has 3 N–H and O–H groups in total. The van der Waals surface area contributed by atoms with Gasteiger partial charge in [0.1, 0.15) is 0 Å². The van der Waals surface area contributed by atoms with E-state index in [9.17, 15) is 4.79 Å². The summed E-state index contributed by atoms with van der Waals surface area (Å²) in [5.41, 5.74) is 2.53. The Morgan fingerprint density at radius 3 is 2.28 bits per heavy atom. The molecule has 2 fully saturated rings. The van der Waals surface area contributed by atoms with E-state index in [0.717, 1.165) is 19.6 Å². The summed E-state index contributed by atoms with van der Waals surface area (Å²) in [6.45, 7) is 7.03. The van der Waals surface area contributed by atoms with Crippen molar-refractivity contribution in [1.82, 2.24) is 10.3 Å². The Labute approximate surface area is 110 Å². The van der Waals surface area contributed by atoms with E-state index in [1.165, 1.54) is 38.5 Å². The van der Waals surface area contributed by atoms with Crippen molar-refractivity contribution < 1.29 is 4.79 Å². The fourth-order valence-corrected chi connectivity index (χ4v) is 3.64. The van der Waals surface area contributed by atoms with Crippen LogP contribution >= 0.6 is 0 Å². The molecule has 4 heteroatoms. The van der Waals surface area contributed by atoms with Gasteiger partial charge >= 0.3 is 0 Å². The van der Waals surface area contributed by atoms with Crippen LogP contribution in [-0.2, 0) is 4.79 Å². The molecule has 1 amide bonds. The summed E-state index contributed by atoms with van der Waals surface area (Å²) in [6.07, 6.45) is 8.31. The SMILES string of the molecule is CC(C)(CN1CCC2(CCCC2)CC1)C(=O)NN. The molecular weight excluding hydrogens is 226 g/mol. The molecular formula is C14H27N3O. The fourth-order valence-electron chi connectivity index (χ4n) is 3.64. The summed E-state index contributed by atoms with van der Waals surface area (Å²) in [6, 6.07) is 0. The Bertz CT molecular complexity index is 298. The second-order valence-corrected chi connectivity index (χ2v) is 6.84. The number of piperidine rings is 1. The second kappa shape index (κ2) is 5.17. The van der Waals surface area contributed by atoms with Crippen LogP contribution in [-0.4, -0.2) is 30.4 Å². The highest BCUT2D eigenvalue weighted by atomic mass is 16.2. The van der Waals surface area contributed by atoms with Crippen molar-refractivity contribution in [3.8, 4) is 0 Å². The Hall–Kier alpha value is -0.610. The molecule has 0 unspecified atom stereocenters. The maximum Gasteiger partial charge on any atom is 0.240 e. The summed E-state index contributed by atoms with van der Waals surface area (Å²) in [5.74, 6) is 5.17. The minimum Gasteiger partial charge on any atom is -0.302 e. The van der Waals surface area contributed by atoms with E-state index in [-0.39, 0.29) is 5.91 Å². The summed E-state index contributed by atoms with van der Waals surface area (Å²) in [7, 11) is 0. The highest BCUT2D eigenvalue weighted by Gasteiger charge is 2.38. The molecule has 1 saturated carbocycles. The van der Waals surface area contributed by atoms with Crippen molar-refractivity contribution in [2.24, 2.45) is 16.7 Å². The Morgan fingerprint density at radius 1 is 1.22 bits per heavy atom. The number of likely N-dealkylation sites (tertiary alicyclic amines) is 1. The van der Waals surface area contributed by atoms with Crippen molar-refractivity contribution in [2.75, 3.05) is 19.6 Å². The van der Waals surface area contributed by atoms with Crippen LogP contribution in [0.15, 0.2) is 0 Å². The van der Waals surface area contributed by atoms with Gasteiger partial charge in [-0.1, -0.05) is 12.8 Å². The van der Waals surface area contributed by atoms with E-state index in [1.807, 2.05) is 13.8 Å². The minimum atomic E-state index is -0.394. The Morgan fingerprint density at radius 2 is 1.78 bits per heavy atom. The number of nitrogens with one attached hydrogen (secondary N) is 1. The third kappa shape index (κ3) is 2.86. The van der Waals surface area contributed by atoms with Gasteiger partial charge in [0.05, 0.1) is 5.41 Å². The predicted octanol–water partition coefficient (Wildman–Crippen LogP) is 1.66. The molecule has 0 aromatic carbocycles. The van der Waals surface area contributed by atoms with E-state index in [2.05, 4.69) is 10.3 Å². The zero-order valence-electron chi connectivity index (χ0n) is 11.8. The first-order valence-electron chi connectivity index (χ1n) is 7.21. The van der Waals surface area contributed by atoms with E-state index in [0.29, 0.717) is 5.41 Å². The maximum absolute atomic E-state index is 11.7. The predicted molar refractivity (Wildman–Crippen MR) is 72.7 cm³/mol. The van der Waals surface area contributed by atoms with Gasteiger partial charge in [-0.3, -0.25) is 10.2 Å². The average Bonchev–Trinajstić information content (AvgIpc) is 2.80. The van der Waals surface area contributed by atoms with Gasteiger partial charge in [0.15, 0.2) is 0 Å². The molecule has 0 aromatic rings. The number of carbonyl (C=O) groups is 1. The van der Waals surface area contributed by atoms with Crippen molar-refractivity contribution in [1.29, 1.82) is 0 Å². The van der Waals surface area contributed by atoms with Gasteiger partial charge < -0.3 is 4.90 Å². The number of hydrogen-bond donors (Lipinski definition) is 2. The molecule has 2 rings (SSSR count). The lowest BCUT2D eigenvalue weighted by Crippen LogP contribution is -2.49. The molecule has 0 aromatic heterocycles. The highest BCUT2D eigenvalue weighted by molar-refractivity contribution is 5.81. The quantitative estimate of drug-likeness (QED) is 0.457. The third-order valence-electron chi connectivity index (χ3n) is 4.95. The van der Waals surface area contributed by atoms with Crippen LogP contribution in [0.4, 0.5) is 0 Å². The van der Waals surface area contributed by atoms with Crippen LogP contribution in [0.3, 0.4) is 0 Å². The van der Waals surface area contributed by atoms with Crippen LogP contribution in [0.25, 0.3) is 0 Å². The number of amides is 1. The molecule has 0 radical (unpaired) electrons. The summed E-state index contributed by atoms with van der Waals surface area (Å²) >= 11 is 0. The average molecular weight is 253 g/mol. The van der Waals surface area contributed by atoms with Gasteiger partial charge in [0.25, 0.3) is 0 Å². The molecule has 104 valence electrons. The van der Waals surface area contributed by atoms with Gasteiger partial charge in [-0.15, -0.1) is 0 Å². The number of rotatable bonds is 3. The first-order chi connectivity index (χ1) is 8.47. The highest BCUT2D eigenvalue weighted by Crippen LogP contribution is 2.46. The van der Waals surface area contributed by atoms with Crippen LogP contribution < -0.4 is 11.3 Å². The number of carbonyl (C=O) groups excluding carboxylic acids is 1. The molecule has 0 bridgehead atoms. The molecule has 1 saturated heterocycles. The van der Waals surface area contributed by atoms with E-state index in [1.54, 1.807) is 0 Å². The fraction of sp³-hybridized carbons (Fsp3) is 0.929. The topological polar surface area (TPSA) is 58.4 Å². The maximum atomic E-state index is 11.7. The van der Waals surface area contributed by atoms with Gasteiger partial charge in [-0.05, 0) is 58.0 Å².